The zero-order valence-corrected chi connectivity index (χ0v) is 12.1. The van der Waals surface area contributed by atoms with Gasteiger partial charge < -0.3 is 0 Å². The Morgan fingerprint density at radius 2 is 2.20 bits per heavy atom. The van der Waals surface area contributed by atoms with Gasteiger partial charge in [0.25, 0.3) is 0 Å². The molecule has 0 saturated carbocycles. The van der Waals surface area contributed by atoms with Gasteiger partial charge in [0.05, 0.1) is 9.80 Å². The third-order valence-corrected chi connectivity index (χ3v) is 3.95. The van der Waals surface area contributed by atoms with E-state index in [1.807, 2.05) is 25.3 Å². The Kier molecular flexibility index (Phi) is 4.29. The number of nitrogens with zero attached hydrogens (tertiary/aromatic N) is 3. The molecular weight excluding hydrogens is 278 g/mol. The van der Waals surface area contributed by atoms with Crippen molar-refractivity contribution in [2.45, 2.75) is 33.2 Å². The number of ketones is 1. The van der Waals surface area contributed by atoms with E-state index in [4.69, 9.17) is 0 Å². The highest BCUT2D eigenvalue weighted by molar-refractivity contribution is 7.12. The van der Waals surface area contributed by atoms with Gasteiger partial charge in [0, 0.05) is 0 Å². The Morgan fingerprint density at radius 1 is 1.45 bits per heavy atom. The largest absolute Gasteiger partial charge is 0.313 e. The molecule has 7 heteroatoms. The highest BCUT2D eigenvalue weighted by atomic mass is 32.1. The van der Waals surface area contributed by atoms with E-state index < -0.39 is 4.92 Å². The summed E-state index contributed by atoms with van der Waals surface area (Å²) in [7, 11) is 0. The molecule has 2 aromatic heterocycles. The number of carbonyl (C=O) groups excluding carboxylic acids is 1. The lowest BCUT2D eigenvalue weighted by molar-refractivity contribution is -0.386. The maximum atomic E-state index is 12.1. The summed E-state index contributed by atoms with van der Waals surface area (Å²) in [6.07, 6.45) is 0.949. The van der Waals surface area contributed by atoms with Crippen LogP contribution >= 0.6 is 11.3 Å². The lowest BCUT2D eigenvalue weighted by Gasteiger charge is -2.03. The summed E-state index contributed by atoms with van der Waals surface area (Å²) in [4.78, 5) is 23.5. The molecule has 0 atom stereocenters. The van der Waals surface area contributed by atoms with E-state index in [1.165, 1.54) is 16.0 Å². The Morgan fingerprint density at radius 3 is 2.70 bits per heavy atom. The molecule has 0 bridgehead atoms. The van der Waals surface area contributed by atoms with Crippen LogP contribution in [0.2, 0.25) is 0 Å². The Balaban J connectivity index is 2.37. The summed E-state index contributed by atoms with van der Waals surface area (Å²) in [6.45, 7) is 3.69. The number of Topliss-reactive ketones (excluding diaryl/α,β-unsaturated/α-hetero) is 1. The second-order valence-electron chi connectivity index (χ2n) is 4.26. The third kappa shape index (κ3) is 2.62. The van der Waals surface area contributed by atoms with Crippen molar-refractivity contribution >= 4 is 22.8 Å². The molecule has 0 fully saturated rings. The van der Waals surface area contributed by atoms with Crippen LogP contribution in [0.25, 0.3) is 0 Å². The summed E-state index contributed by atoms with van der Waals surface area (Å²) in [5.41, 5.74) is 0.997. The maximum Gasteiger partial charge on any atom is 0.313 e. The van der Waals surface area contributed by atoms with Crippen LogP contribution < -0.4 is 0 Å². The van der Waals surface area contributed by atoms with Gasteiger partial charge in [-0.25, -0.2) is 0 Å². The lowest BCUT2D eigenvalue weighted by atomic mass is 10.2. The van der Waals surface area contributed by atoms with Crippen molar-refractivity contribution in [2.24, 2.45) is 0 Å². The number of aryl methyl sites for hydroxylation is 1. The first-order valence-electron chi connectivity index (χ1n) is 6.38. The van der Waals surface area contributed by atoms with Crippen LogP contribution in [0.3, 0.4) is 0 Å². The standard InChI is InChI=1S/C13H15N3O3S/c1-3-9-13(16(18)19)10(4-2)15(14-9)8-11(17)12-6-5-7-20-12/h5-7H,3-4,8H2,1-2H3. The second kappa shape index (κ2) is 5.96. The highest BCUT2D eigenvalue weighted by Gasteiger charge is 2.26. The molecular formula is C13H15N3O3S. The number of nitro groups is 1. The Labute approximate surface area is 120 Å². The van der Waals surface area contributed by atoms with Crippen LogP contribution in [0.1, 0.15) is 34.9 Å². The molecule has 0 N–H and O–H groups in total. The van der Waals surface area contributed by atoms with Gasteiger partial charge in [-0.1, -0.05) is 19.9 Å². The van der Waals surface area contributed by atoms with Crippen LogP contribution in [0.15, 0.2) is 17.5 Å². The fraction of sp³-hybridized carbons (Fsp3) is 0.385. The number of aromatic nitrogens is 2. The normalized spacial score (nSPS) is 10.7. The summed E-state index contributed by atoms with van der Waals surface area (Å²) in [6, 6.07) is 3.55. The van der Waals surface area contributed by atoms with E-state index in [-0.39, 0.29) is 18.0 Å². The van der Waals surface area contributed by atoms with Crippen molar-refractivity contribution in [1.29, 1.82) is 0 Å². The first-order valence-corrected chi connectivity index (χ1v) is 7.26. The average molecular weight is 293 g/mol. The molecule has 0 unspecified atom stereocenters. The van der Waals surface area contributed by atoms with Crippen LogP contribution in [0.5, 0.6) is 0 Å². The summed E-state index contributed by atoms with van der Waals surface area (Å²) in [5.74, 6) is -0.0743. The molecule has 0 amide bonds. The maximum absolute atomic E-state index is 12.1. The molecule has 0 saturated heterocycles. The smallest absolute Gasteiger partial charge is 0.291 e. The fourth-order valence-electron chi connectivity index (χ4n) is 2.12. The molecule has 2 heterocycles. The van der Waals surface area contributed by atoms with Gasteiger partial charge in [-0.3, -0.25) is 19.6 Å². The molecule has 2 aromatic rings. The van der Waals surface area contributed by atoms with Crippen molar-refractivity contribution < 1.29 is 9.72 Å². The van der Waals surface area contributed by atoms with Crippen molar-refractivity contribution in [3.63, 3.8) is 0 Å². The van der Waals surface area contributed by atoms with Crippen molar-refractivity contribution in [3.8, 4) is 0 Å². The van der Waals surface area contributed by atoms with Gasteiger partial charge in [0.15, 0.2) is 5.78 Å². The van der Waals surface area contributed by atoms with Gasteiger partial charge in [-0.05, 0) is 24.3 Å². The number of hydrogen-bond donors (Lipinski definition) is 0. The third-order valence-electron chi connectivity index (χ3n) is 3.04. The molecule has 106 valence electrons. The van der Waals surface area contributed by atoms with E-state index >= 15 is 0 Å². The number of carbonyl (C=O) groups is 1. The minimum absolute atomic E-state index is 0.0462. The van der Waals surface area contributed by atoms with E-state index in [9.17, 15) is 14.9 Å². The zero-order valence-electron chi connectivity index (χ0n) is 11.3. The first-order chi connectivity index (χ1) is 9.58. The van der Waals surface area contributed by atoms with E-state index in [0.717, 1.165) is 0 Å². The Bertz CT molecular complexity index is 632. The summed E-state index contributed by atoms with van der Waals surface area (Å²) < 4.78 is 1.47. The van der Waals surface area contributed by atoms with E-state index in [1.54, 1.807) is 6.07 Å². The quantitative estimate of drug-likeness (QED) is 0.466. The number of thiophene rings is 1. The minimum Gasteiger partial charge on any atom is -0.291 e. The topological polar surface area (TPSA) is 78.0 Å². The number of hydrogen-bond acceptors (Lipinski definition) is 5. The van der Waals surface area contributed by atoms with Gasteiger partial charge in [0.1, 0.15) is 17.9 Å². The molecule has 2 rings (SSSR count). The van der Waals surface area contributed by atoms with Crippen LogP contribution in [0.4, 0.5) is 5.69 Å². The van der Waals surface area contributed by atoms with Crippen molar-refractivity contribution in [3.05, 3.63) is 43.9 Å². The molecule has 20 heavy (non-hydrogen) atoms. The van der Waals surface area contributed by atoms with Gasteiger partial charge in [-0.15, -0.1) is 11.3 Å². The molecule has 0 aliphatic carbocycles. The monoisotopic (exact) mass is 293 g/mol. The van der Waals surface area contributed by atoms with Gasteiger partial charge >= 0.3 is 5.69 Å². The zero-order chi connectivity index (χ0) is 14.7. The molecule has 0 spiro atoms. The van der Waals surface area contributed by atoms with Gasteiger partial charge in [0.2, 0.25) is 0 Å². The summed E-state index contributed by atoms with van der Waals surface area (Å²) in [5, 5.41) is 17.2. The molecule has 0 aliphatic rings. The molecule has 6 nitrogen and oxygen atoms in total. The minimum atomic E-state index is -0.406. The van der Waals surface area contributed by atoms with E-state index in [2.05, 4.69) is 5.10 Å². The van der Waals surface area contributed by atoms with Gasteiger partial charge in [-0.2, -0.15) is 5.10 Å². The van der Waals surface area contributed by atoms with Crippen LogP contribution in [0, 0.1) is 10.1 Å². The van der Waals surface area contributed by atoms with Crippen molar-refractivity contribution in [1.82, 2.24) is 9.78 Å². The predicted octanol–water partition coefficient (Wildman–Crippen LogP) is 2.86. The molecule has 0 aromatic carbocycles. The van der Waals surface area contributed by atoms with Crippen molar-refractivity contribution in [2.75, 3.05) is 0 Å². The van der Waals surface area contributed by atoms with Crippen LogP contribution in [-0.2, 0) is 19.4 Å². The van der Waals surface area contributed by atoms with Crippen LogP contribution in [-0.4, -0.2) is 20.5 Å². The SMILES string of the molecule is CCc1nn(CC(=O)c2cccs2)c(CC)c1[N+](=O)[O-]. The van der Waals surface area contributed by atoms with E-state index in [0.29, 0.717) is 29.1 Å². The molecule has 0 radical (unpaired) electrons. The predicted molar refractivity (Wildman–Crippen MR) is 76.3 cm³/mol. The Hall–Kier alpha value is -2.02. The second-order valence-corrected chi connectivity index (χ2v) is 5.21. The first kappa shape index (κ1) is 14.4. The number of rotatable bonds is 6. The lowest BCUT2D eigenvalue weighted by Crippen LogP contribution is -2.13. The highest BCUT2D eigenvalue weighted by Crippen LogP contribution is 2.25. The fourth-order valence-corrected chi connectivity index (χ4v) is 2.78. The molecule has 0 aliphatic heterocycles. The summed E-state index contributed by atoms with van der Waals surface area (Å²) >= 11 is 1.36. The average Bonchev–Trinajstić information content (AvgIpc) is 3.05.